The Kier molecular flexibility index (Phi) is 9.05. The van der Waals surface area contributed by atoms with Crippen molar-refractivity contribution in [2.45, 2.75) is 53.4 Å². The van der Waals surface area contributed by atoms with Crippen LogP contribution in [-0.2, 0) is 12.8 Å². The van der Waals surface area contributed by atoms with Crippen LogP contribution in [0.4, 0.5) is 8.78 Å². The molecule has 2 atom stereocenters. The van der Waals surface area contributed by atoms with Gasteiger partial charge >= 0.3 is 0 Å². The van der Waals surface area contributed by atoms with Crippen LogP contribution in [0.2, 0.25) is 0 Å². The minimum absolute atomic E-state index is 0.185. The fourth-order valence-electron chi connectivity index (χ4n) is 6.29. The van der Waals surface area contributed by atoms with E-state index in [0.29, 0.717) is 23.0 Å². The van der Waals surface area contributed by atoms with E-state index >= 15 is 8.78 Å². The van der Waals surface area contributed by atoms with Crippen molar-refractivity contribution in [1.82, 2.24) is 8.75 Å². The monoisotopic (exact) mass is 678 g/mol. The van der Waals surface area contributed by atoms with Crippen molar-refractivity contribution in [3.05, 3.63) is 108 Å². The molecule has 238 valence electrons. The first kappa shape index (κ1) is 31.8. The summed E-state index contributed by atoms with van der Waals surface area (Å²) in [6, 6.07) is 27.8. The summed E-state index contributed by atoms with van der Waals surface area (Å²) in [5.41, 5.74) is 6.99. The van der Waals surface area contributed by atoms with Gasteiger partial charge in [0.25, 0.3) is 0 Å². The molecule has 7 aromatic rings. The highest BCUT2D eigenvalue weighted by atomic mass is 32.1. The van der Waals surface area contributed by atoms with E-state index in [1.165, 1.54) is 11.7 Å². The SMILES string of the molecule is CCC(C)Cc1ccc(-c2ccc(-c3c4ccccc4c(-c4ccc(-c5ccc(CC(C)CC)cc5F)s4)c4nsnc34)s2)c(F)c1. The van der Waals surface area contributed by atoms with Gasteiger partial charge in [0.1, 0.15) is 22.7 Å². The molecule has 0 aliphatic heterocycles. The molecule has 2 nitrogen and oxygen atoms in total. The van der Waals surface area contributed by atoms with E-state index in [2.05, 4.69) is 64.1 Å². The molecule has 0 saturated heterocycles. The highest BCUT2D eigenvalue weighted by Crippen LogP contribution is 2.48. The number of rotatable bonds is 10. The molecule has 47 heavy (non-hydrogen) atoms. The first-order chi connectivity index (χ1) is 22.8. The molecule has 2 unspecified atom stereocenters. The first-order valence-electron chi connectivity index (χ1n) is 16.3. The molecule has 0 amide bonds. The Hall–Kier alpha value is -3.78. The molecule has 4 aromatic carbocycles. The lowest BCUT2D eigenvalue weighted by molar-refractivity contribution is 0.556. The van der Waals surface area contributed by atoms with Crippen molar-refractivity contribution in [2.75, 3.05) is 0 Å². The van der Waals surface area contributed by atoms with Gasteiger partial charge in [-0.3, -0.25) is 0 Å². The van der Waals surface area contributed by atoms with Crippen molar-refractivity contribution < 1.29 is 8.78 Å². The normalized spacial score (nSPS) is 13.1. The Morgan fingerprint density at radius 2 is 1.00 bits per heavy atom. The molecule has 0 N–H and O–H groups in total. The van der Waals surface area contributed by atoms with E-state index in [0.717, 1.165) is 89.3 Å². The van der Waals surface area contributed by atoms with Crippen molar-refractivity contribution in [3.63, 3.8) is 0 Å². The molecule has 0 saturated carbocycles. The molecular formula is C40H36F2N2S3. The van der Waals surface area contributed by atoms with E-state index in [9.17, 15) is 0 Å². The van der Waals surface area contributed by atoms with Crippen LogP contribution in [0.5, 0.6) is 0 Å². The van der Waals surface area contributed by atoms with E-state index in [4.69, 9.17) is 8.75 Å². The van der Waals surface area contributed by atoms with Crippen molar-refractivity contribution in [1.29, 1.82) is 0 Å². The Labute approximate surface area is 287 Å². The summed E-state index contributed by atoms with van der Waals surface area (Å²) in [7, 11) is 0. The summed E-state index contributed by atoms with van der Waals surface area (Å²) < 4.78 is 40.4. The summed E-state index contributed by atoms with van der Waals surface area (Å²) in [5.74, 6) is 0.670. The van der Waals surface area contributed by atoms with Gasteiger partial charge in [0.05, 0.1) is 11.7 Å². The molecule has 0 spiro atoms. The maximum Gasteiger partial charge on any atom is 0.132 e. The third kappa shape index (κ3) is 6.17. The lowest BCUT2D eigenvalue weighted by Gasteiger charge is -2.11. The summed E-state index contributed by atoms with van der Waals surface area (Å²) >= 11 is 4.36. The van der Waals surface area contributed by atoms with Gasteiger partial charge in [0.15, 0.2) is 0 Å². The molecular weight excluding hydrogens is 643 g/mol. The Balaban J connectivity index is 1.29. The number of hydrogen-bond acceptors (Lipinski definition) is 5. The van der Waals surface area contributed by atoms with Gasteiger partial charge in [0, 0.05) is 41.8 Å². The third-order valence-electron chi connectivity index (χ3n) is 9.29. The lowest BCUT2D eigenvalue weighted by atomic mass is 9.95. The van der Waals surface area contributed by atoms with Crippen LogP contribution in [0.1, 0.15) is 51.7 Å². The molecule has 3 aromatic heterocycles. The van der Waals surface area contributed by atoms with E-state index in [1.54, 1.807) is 34.8 Å². The lowest BCUT2D eigenvalue weighted by Crippen LogP contribution is -1.98. The van der Waals surface area contributed by atoms with Crippen LogP contribution in [0, 0.1) is 23.5 Å². The fraction of sp³-hybridized carbons (Fsp3) is 0.250. The quantitative estimate of drug-likeness (QED) is 0.144. The minimum Gasteiger partial charge on any atom is -0.206 e. The largest absolute Gasteiger partial charge is 0.206 e. The van der Waals surface area contributed by atoms with E-state index in [1.807, 2.05) is 36.4 Å². The molecule has 7 heteroatoms. The zero-order chi connectivity index (χ0) is 32.7. The Morgan fingerprint density at radius 3 is 1.40 bits per heavy atom. The predicted molar refractivity (Wildman–Crippen MR) is 199 cm³/mol. The van der Waals surface area contributed by atoms with E-state index < -0.39 is 0 Å². The van der Waals surface area contributed by atoms with Crippen LogP contribution < -0.4 is 0 Å². The number of nitrogens with zero attached hydrogens (tertiary/aromatic N) is 2. The van der Waals surface area contributed by atoms with Crippen molar-refractivity contribution in [3.8, 4) is 41.8 Å². The smallest absolute Gasteiger partial charge is 0.132 e. The summed E-state index contributed by atoms with van der Waals surface area (Å²) in [5, 5.41) is 2.13. The van der Waals surface area contributed by atoms with Gasteiger partial charge in [0.2, 0.25) is 0 Å². The molecule has 0 bridgehead atoms. The Morgan fingerprint density at radius 1 is 0.574 bits per heavy atom. The fourth-order valence-corrected chi connectivity index (χ4v) is 9.03. The maximum absolute atomic E-state index is 15.4. The van der Waals surface area contributed by atoms with Crippen LogP contribution in [0.15, 0.2) is 84.9 Å². The van der Waals surface area contributed by atoms with Crippen molar-refractivity contribution >= 4 is 56.2 Å². The summed E-state index contributed by atoms with van der Waals surface area (Å²) in [4.78, 5) is 3.82. The third-order valence-corrected chi connectivity index (χ3v) is 12.1. The van der Waals surface area contributed by atoms with Crippen molar-refractivity contribution in [2.24, 2.45) is 11.8 Å². The number of halogens is 2. The molecule has 0 aliphatic rings. The zero-order valence-corrected chi connectivity index (χ0v) is 29.4. The maximum atomic E-state index is 15.4. The summed E-state index contributed by atoms with van der Waals surface area (Å²) in [6.45, 7) is 8.73. The van der Waals surface area contributed by atoms with E-state index in [-0.39, 0.29) is 11.6 Å². The average Bonchev–Trinajstić information content (AvgIpc) is 3.86. The van der Waals surface area contributed by atoms with Gasteiger partial charge in [-0.05, 0) is 83.0 Å². The predicted octanol–water partition coefficient (Wildman–Crippen LogP) is 13.1. The molecule has 3 heterocycles. The van der Waals surface area contributed by atoms with Crippen LogP contribution >= 0.6 is 34.4 Å². The second-order valence-electron chi connectivity index (χ2n) is 12.6. The Bertz CT molecular complexity index is 2060. The molecule has 7 rings (SSSR count). The number of hydrogen-bond donors (Lipinski definition) is 0. The highest BCUT2D eigenvalue weighted by molar-refractivity contribution is 7.19. The standard InChI is InChI=1S/C40H36F2N2S3/c1-5-23(3)19-25-11-13-29(31(41)21-25)33-15-17-35(45-33)37-27-9-7-8-10-28(27)38(40-39(37)43-47-44-40)36-18-16-34(46-36)30-14-12-26(22-32(30)42)20-24(4)6-2/h7-18,21-24H,5-6,19-20H2,1-4H3. The second kappa shape index (κ2) is 13.4. The number of fused-ring (bicyclic) bond motifs is 2. The van der Waals surface area contributed by atoms with Crippen LogP contribution in [-0.4, -0.2) is 8.75 Å². The minimum atomic E-state index is -0.185. The topological polar surface area (TPSA) is 25.8 Å². The van der Waals surface area contributed by atoms with Gasteiger partial charge < -0.3 is 0 Å². The average molecular weight is 679 g/mol. The highest BCUT2D eigenvalue weighted by Gasteiger charge is 2.23. The molecule has 0 radical (unpaired) electrons. The van der Waals surface area contributed by atoms with Gasteiger partial charge in [-0.1, -0.05) is 89.1 Å². The zero-order valence-electron chi connectivity index (χ0n) is 26.9. The van der Waals surface area contributed by atoms with Crippen LogP contribution in [0.3, 0.4) is 0 Å². The number of thiophene rings is 2. The molecule has 0 aliphatic carbocycles. The number of aromatic nitrogens is 2. The summed E-state index contributed by atoms with van der Waals surface area (Å²) in [6.07, 6.45) is 3.90. The first-order valence-corrected chi connectivity index (χ1v) is 18.7. The molecule has 0 fully saturated rings. The van der Waals surface area contributed by atoms with Gasteiger partial charge in [-0.2, -0.15) is 8.75 Å². The van der Waals surface area contributed by atoms with Gasteiger partial charge in [-0.15, -0.1) is 22.7 Å². The number of benzene rings is 4. The second-order valence-corrected chi connectivity index (χ2v) is 15.3. The van der Waals surface area contributed by atoms with Crippen LogP contribution in [0.25, 0.3) is 63.6 Å². The van der Waals surface area contributed by atoms with Gasteiger partial charge in [-0.25, -0.2) is 8.78 Å².